The summed E-state index contributed by atoms with van der Waals surface area (Å²) < 4.78 is 0. The summed E-state index contributed by atoms with van der Waals surface area (Å²) in [6.45, 7) is 0. The van der Waals surface area contributed by atoms with Crippen LogP contribution in [-0.2, 0) is 0 Å². The van der Waals surface area contributed by atoms with Crippen LogP contribution in [0.1, 0.15) is 36.0 Å². The van der Waals surface area contributed by atoms with Crippen LogP contribution in [0, 0.1) is 0 Å². The van der Waals surface area contributed by atoms with Crippen molar-refractivity contribution in [3.63, 3.8) is 0 Å². The van der Waals surface area contributed by atoms with Gasteiger partial charge in [0.2, 0.25) is 0 Å². The summed E-state index contributed by atoms with van der Waals surface area (Å²) in [6, 6.07) is 3.44. The van der Waals surface area contributed by atoms with E-state index < -0.39 is 6.10 Å². The Morgan fingerprint density at radius 3 is 2.68 bits per heavy atom. The summed E-state index contributed by atoms with van der Waals surface area (Å²) >= 11 is 0. The van der Waals surface area contributed by atoms with Gasteiger partial charge in [0.25, 0.3) is 5.91 Å². The molecule has 104 valence electrons. The number of rotatable bonds is 3. The second-order valence-electron chi connectivity index (χ2n) is 5.23. The third-order valence-electron chi connectivity index (χ3n) is 3.51. The fourth-order valence-electron chi connectivity index (χ4n) is 2.32. The van der Waals surface area contributed by atoms with Gasteiger partial charge in [0.05, 0.1) is 17.7 Å². The average Bonchev–Trinajstić information content (AvgIpc) is 2.41. The van der Waals surface area contributed by atoms with Crippen molar-refractivity contribution in [2.24, 2.45) is 0 Å². The number of carbonyl (C=O) groups excluding carboxylic acids is 1. The lowest BCUT2D eigenvalue weighted by molar-refractivity contribution is 0.0717. The Morgan fingerprint density at radius 2 is 2.11 bits per heavy atom. The van der Waals surface area contributed by atoms with Crippen molar-refractivity contribution < 1.29 is 9.90 Å². The molecule has 2 rings (SSSR count). The number of aliphatic hydroxyl groups excluding tert-OH is 1. The van der Waals surface area contributed by atoms with E-state index in [-0.39, 0.29) is 11.9 Å². The predicted molar refractivity (Wildman–Crippen MR) is 74.3 cm³/mol. The Balaban J connectivity index is 1.99. The van der Waals surface area contributed by atoms with Gasteiger partial charge in [0.15, 0.2) is 0 Å². The van der Waals surface area contributed by atoms with Crippen LogP contribution in [0.4, 0.5) is 5.82 Å². The highest BCUT2D eigenvalue weighted by Gasteiger charge is 2.24. The van der Waals surface area contributed by atoms with Crippen molar-refractivity contribution in [3.8, 4) is 0 Å². The molecule has 2 N–H and O–H groups in total. The van der Waals surface area contributed by atoms with Crippen LogP contribution < -0.4 is 10.2 Å². The zero-order chi connectivity index (χ0) is 13.8. The van der Waals surface area contributed by atoms with Crippen LogP contribution >= 0.6 is 0 Å². The molecule has 0 radical (unpaired) electrons. The number of hydrogen-bond donors (Lipinski definition) is 2. The quantitative estimate of drug-likeness (QED) is 0.859. The third kappa shape index (κ3) is 3.44. The largest absolute Gasteiger partial charge is 0.391 e. The van der Waals surface area contributed by atoms with E-state index in [1.54, 1.807) is 12.3 Å². The van der Waals surface area contributed by atoms with E-state index in [1.165, 1.54) is 0 Å². The van der Waals surface area contributed by atoms with Gasteiger partial charge in [-0.05, 0) is 25.0 Å². The molecular formula is C14H21N3O2. The first-order valence-corrected chi connectivity index (χ1v) is 6.70. The maximum atomic E-state index is 12.1. The molecule has 0 saturated heterocycles. The lowest BCUT2D eigenvalue weighted by atomic mass is 9.92. The summed E-state index contributed by atoms with van der Waals surface area (Å²) in [4.78, 5) is 18.2. The van der Waals surface area contributed by atoms with Crippen LogP contribution in [0.3, 0.4) is 0 Å². The molecule has 19 heavy (non-hydrogen) atoms. The molecular weight excluding hydrogens is 242 g/mol. The summed E-state index contributed by atoms with van der Waals surface area (Å²) in [7, 11) is 3.81. The van der Waals surface area contributed by atoms with Gasteiger partial charge in [0, 0.05) is 20.3 Å². The van der Waals surface area contributed by atoms with Crippen molar-refractivity contribution in [1.82, 2.24) is 10.3 Å². The molecule has 0 unspecified atom stereocenters. The van der Waals surface area contributed by atoms with Crippen molar-refractivity contribution >= 4 is 11.7 Å². The molecule has 0 aliphatic heterocycles. The fraction of sp³-hybridized carbons (Fsp3) is 0.571. The van der Waals surface area contributed by atoms with Gasteiger partial charge in [0.1, 0.15) is 5.82 Å². The number of aliphatic hydroxyl groups is 1. The van der Waals surface area contributed by atoms with Crippen molar-refractivity contribution in [2.75, 3.05) is 19.0 Å². The first kappa shape index (κ1) is 13.8. The number of hydrogen-bond acceptors (Lipinski definition) is 4. The second kappa shape index (κ2) is 6.02. The van der Waals surface area contributed by atoms with Gasteiger partial charge < -0.3 is 15.3 Å². The highest BCUT2D eigenvalue weighted by Crippen LogP contribution is 2.18. The fourth-order valence-corrected chi connectivity index (χ4v) is 2.32. The third-order valence-corrected chi connectivity index (χ3v) is 3.51. The molecule has 0 bridgehead atoms. The number of nitrogens with one attached hydrogen (secondary N) is 1. The minimum Gasteiger partial charge on any atom is -0.391 e. The highest BCUT2D eigenvalue weighted by molar-refractivity contribution is 5.94. The molecule has 1 aromatic heterocycles. The Bertz CT molecular complexity index is 431. The van der Waals surface area contributed by atoms with Gasteiger partial charge in [-0.2, -0.15) is 0 Å². The van der Waals surface area contributed by atoms with Crippen molar-refractivity contribution in [3.05, 3.63) is 23.9 Å². The molecule has 5 heteroatoms. The van der Waals surface area contributed by atoms with Gasteiger partial charge in [-0.1, -0.05) is 12.8 Å². The second-order valence-corrected chi connectivity index (χ2v) is 5.23. The number of nitrogens with zero attached hydrogens (tertiary/aromatic N) is 2. The Morgan fingerprint density at radius 1 is 1.37 bits per heavy atom. The summed E-state index contributed by atoms with van der Waals surface area (Å²) in [5.41, 5.74) is 0.531. The molecule has 1 saturated carbocycles. The minimum atomic E-state index is -0.424. The topological polar surface area (TPSA) is 65.5 Å². The molecule has 0 aromatic carbocycles. The van der Waals surface area contributed by atoms with Crippen LogP contribution in [0.15, 0.2) is 18.3 Å². The highest BCUT2D eigenvalue weighted by atomic mass is 16.3. The molecule has 2 atom stereocenters. The van der Waals surface area contributed by atoms with Gasteiger partial charge in [-0.3, -0.25) is 4.79 Å². The monoisotopic (exact) mass is 263 g/mol. The Kier molecular flexibility index (Phi) is 4.37. The molecule has 1 heterocycles. The molecule has 1 fully saturated rings. The number of pyridine rings is 1. The maximum absolute atomic E-state index is 12.1. The van der Waals surface area contributed by atoms with Crippen molar-refractivity contribution in [2.45, 2.75) is 37.8 Å². The van der Waals surface area contributed by atoms with E-state index >= 15 is 0 Å². The lowest BCUT2D eigenvalue weighted by Gasteiger charge is -2.28. The van der Waals surface area contributed by atoms with Crippen LogP contribution in [0.25, 0.3) is 0 Å². The zero-order valence-electron chi connectivity index (χ0n) is 11.5. The van der Waals surface area contributed by atoms with E-state index in [1.807, 2.05) is 25.1 Å². The Hall–Kier alpha value is -1.62. The first-order valence-electron chi connectivity index (χ1n) is 6.70. The average molecular weight is 263 g/mol. The molecule has 1 aromatic rings. The summed E-state index contributed by atoms with van der Waals surface area (Å²) in [5.74, 6) is 0.651. The Labute approximate surface area is 113 Å². The molecule has 1 aliphatic rings. The molecule has 1 aliphatic carbocycles. The number of aromatic nitrogens is 1. The van der Waals surface area contributed by atoms with Crippen LogP contribution in [-0.4, -0.2) is 42.2 Å². The van der Waals surface area contributed by atoms with Gasteiger partial charge >= 0.3 is 0 Å². The first-order chi connectivity index (χ1) is 9.08. The number of amides is 1. The maximum Gasteiger partial charge on any atom is 0.253 e. The number of carbonyl (C=O) groups is 1. The molecule has 5 nitrogen and oxygen atoms in total. The van der Waals surface area contributed by atoms with Crippen LogP contribution in [0.2, 0.25) is 0 Å². The van der Waals surface area contributed by atoms with E-state index in [0.29, 0.717) is 5.56 Å². The predicted octanol–water partition coefficient (Wildman–Crippen LogP) is 1.18. The molecule has 1 amide bonds. The van der Waals surface area contributed by atoms with E-state index in [2.05, 4.69) is 10.3 Å². The summed E-state index contributed by atoms with van der Waals surface area (Å²) in [6.07, 6.45) is 4.84. The van der Waals surface area contributed by atoms with Gasteiger partial charge in [-0.25, -0.2) is 4.98 Å². The van der Waals surface area contributed by atoms with Gasteiger partial charge in [-0.15, -0.1) is 0 Å². The van der Waals surface area contributed by atoms with E-state index in [4.69, 9.17) is 0 Å². The minimum absolute atomic E-state index is 0.130. The van der Waals surface area contributed by atoms with Crippen molar-refractivity contribution in [1.29, 1.82) is 0 Å². The van der Waals surface area contributed by atoms with Crippen LogP contribution in [0.5, 0.6) is 0 Å². The van der Waals surface area contributed by atoms with E-state index in [9.17, 15) is 9.90 Å². The summed E-state index contributed by atoms with van der Waals surface area (Å²) in [5, 5.41) is 12.7. The zero-order valence-corrected chi connectivity index (χ0v) is 11.5. The SMILES string of the molecule is CN(C)c1ccc(C(=O)N[C@H]2CCCC[C@@H]2O)cn1. The van der Waals surface area contributed by atoms with E-state index in [0.717, 1.165) is 31.5 Å². The number of anilines is 1. The smallest absolute Gasteiger partial charge is 0.253 e. The molecule has 0 spiro atoms. The lowest BCUT2D eigenvalue weighted by Crippen LogP contribution is -2.45. The normalized spacial score (nSPS) is 22.9. The standard InChI is InChI=1S/C14H21N3O2/c1-17(2)13-8-7-10(9-15-13)14(19)16-11-5-3-4-6-12(11)18/h7-9,11-12,18H,3-6H2,1-2H3,(H,16,19)/t11-,12-/m0/s1.